The maximum Gasteiger partial charge on any atom is 0.166 e. The largest absolute Gasteiger partial charge is 0.509 e. The van der Waals surface area contributed by atoms with E-state index in [0.717, 1.165) is 5.57 Å². The summed E-state index contributed by atoms with van der Waals surface area (Å²) in [6, 6.07) is 0. The number of aliphatic hydroxyl groups excluding tert-OH is 2. The maximum absolute atomic E-state index is 10.0. The van der Waals surface area contributed by atoms with E-state index in [1.165, 1.54) is 0 Å². The quantitative estimate of drug-likeness (QED) is 0.477. The highest BCUT2D eigenvalue weighted by Gasteiger charge is 2.10. The molecule has 0 amide bonds. The van der Waals surface area contributed by atoms with Crippen LogP contribution in [0.3, 0.4) is 0 Å². The number of hydrogen-bond donors (Lipinski definition) is 2. The van der Waals surface area contributed by atoms with Gasteiger partial charge in [0.15, 0.2) is 12.4 Å². The Labute approximate surface area is 66.4 Å². The minimum atomic E-state index is -1.34. The first-order valence-corrected chi connectivity index (χ1v) is 3.71. The zero-order chi connectivity index (χ0) is 8.85. The molecule has 0 aliphatic rings. The average molecular weight is 158 g/mol. The lowest BCUT2D eigenvalue weighted by atomic mass is 10.1. The van der Waals surface area contributed by atoms with Crippen molar-refractivity contribution in [3.63, 3.8) is 0 Å². The lowest BCUT2D eigenvalue weighted by molar-refractivity contribution is -0.114. The smallest absolute Gasteiger partial charge is 0.166 e. The summed E-state index contributed by atoms with van der Waals surface area (Å²) in [6.45, 7) is 3.74. The van der Waals surface area contributed by atoms with E-state index in [9.17, 15) is 9.90 Å². The molecule has 3 heteroatoms. The number of hydrogen-bond acceptors (Lipinski definition) is 3. The first-order chi connectivity index (χ1) is 5.17. The Morgan fingerprint density at radius 1 is 1.45 bits per heavy atom. The van der Waals surface area contributed by atoms with Crippen molar-refractivity contribution in [1.29, 1.82) is 0 Å². The van der Waals surface area contributed by atoms with E-state index in [2.05, 4.69) is 0 Å². The van der Waals surface area contributed by atoms with Gasteiger partial charge in [-0.15, -0.1) is 0 Å². The molecule has 0 aliphatic carbocycles. The molecule has 0 rings (SSSR count). The fraction of sp³-hybridized carbons (Fsp3) is 0.625. The van der Waals surface area contributed by atoms with E-state index in [0.29, 0.717) is 19.1 Å². The third-order valence-corrected chi connectivity index (χ3v) is 1.62. The summed E-state index contributed by atoms with van der Waals surface area (Å²) < 4.78 is 0. The van der Waals surface area contributed by atoms with Crippen LogP contribution >= 0.6 is 0 Å². The fourth-order valence-corrected chi connectivity index (χ4v) is 0.886. The van der Waals surface area contributed by atoms with Crippen molar-refractivity contribution in [2.75, 3.05) is 0 Å². The van der Waals surface area contributed by atoms with Crippen LogP contribution in [0, 0.1) is 0 Å². The molecular formula is C8H14O3. The summed E-state index contributed by atoms with van der Waals surface area (Å²) in [5.74, 6) is -0.190. The average Bonchev–Trinajstić information content (AvgIpc) is 2.05. The molecule has 0 radical (unpaired) electrons. The highest BCUT2D eigenvalue weighted by atomic mass is 16.3. The molecule has 0 aromatic heterocycles. The van der Waals surface area contributed by atoms with E-state index < -0.39 is 6.10 Å². The summed E-state index contributed by atoms with van der Waals surface area (Å²) >= 11 is 0. The van der Waals surface area contributed by atoms with Crippen molar-refractivity contribution in [3.05, 3.63) is 11.3 Å². The standard InChI is InChI=1S/C8H14O3/c1-3-6(4-2)8(11)7(10)5-9/h5,7,10-11H,3-4H2,1-2H3/t7-/m0/s1. The molecule has 11 heavy (non-hydrogen) atoms. The first kappa shape index (κ1) is 10.2. The molecular weight excluding hydrogens is 144 g/mol. The summed E-state index contributed by atoms with van der Waals surface area (Å²) in [5.41, 5.74) is 0.726. The van der Waals surface area contributed by atoms with Crippen molar-refractivity contribution in [1.82, 2.24) is 0 Å². The lowest BCUT2D eigenvalue weighted by Crippen LogP contribution is -2.13. The third-order valence-electron chi connectivity index (χ3n) is 1.62. The number of carbonyl (C=O) groups is 1. The van der Waals surface area contributed by atoms with E-state index in [1.807, 2.05) is 13.8 Å². The predicted octanol–water partition coefficient (Wildman–Crippen LogP) is 1.18. The van der Waals surface area contributed by atoms with Gasteiger partial charge in [0.1, 0.15) is 5.76 Å². The van der Waals surface area contributed by atoms with Gasteiger partial charge in [-0.3, -0.25) is 4.79 Å². The number of allylic oxidation sites excluding steroid dienone is 1. The van der Waals surface area contributed by atoms with Gasteiger partial charge in [0.2, 0.25) is 0 Å². The van der Waals surface area contributed by atoms with Crippen LogP contribution in [0.4, 0.5) is 0 Å². The van der Waals surface area contributed by atoms with Gasteiger partial charge in [-0.1, -0.05) is 13.8 Å². The molecule has 0 fully saturated rings. The topological polar surface area (TPSA) is 57.5 Å². The van der Waals surface area contributed by atoms with Crippen LogP contribution in [0.1, 0.15) is 26.7 Å². The Morgan fingerprint density at radius 3 is 2.18 bits per heavy atom. The van der Waals surface area contributed by atoms with E-state index in [1.54, 1.807) is 0 Å². The molecule has 2 N–H and O–H groups in total. The van der Waals surface area contributed by atoms with E-state index in [-0.39, 0.29) is 5.76 Å². The molecule has 3 nitrogen and oxygen atoms in total. The lowest BCUT2D eigenvalue weighted by Gasteiger charge is -2.07. The summed E-state index contributed by atoms with van der Waals surface area (Å²) in [7, 11) is 0. The second-order valence-corrected chi connectivity index (χ2v) is 2.28. The Balaban J connectivity index is 4.45. The third kappa shape index (κ3) is 2.72. The zero-order valence-corrected chi connectivity index (χ0v) is 6.87. The Hall–Kier alpha value is -0.830. The highest BCUT2D eigenvalue weighted by molar-refractivity contribution is 5.60. The zero-order valence-electron chi connectivity index (χ0n) is 6.87. The molecule has 64 valence electrons. The molecule has 0 unspecified atom stereocenters. The fourth-order valence-electron chi connectivity index (χ4n) is 0.886. The van der Waals surface area contributed by atoms with E-state index >= 15 is 0 Å². The van der Waals surface area contributed by atoms with Crippen LogP contribution in [0.5, 0.6) is 0 Å². The number of aldehydes is 1. The Morgan fingerprint density at radius 2 is 1.91 bits per heavy atom. The van der Waals surface area contributed by atoms with E-state index in [4.69, 9.17) is 5.11 Å². The van der Waals surface area contributed by atoms with Gasteiger partial charge in [-0.25, -0.2) is 0 Å². The van der Waals surface area contributed by atoms with Crippen molar-refractivity contribution in [2.45, 2.75) is 32.8 Å². The second kappa shape index (κ2) is 4.91. The van der Waals surface area contributed by atoms with Crippen LogP contribution in [-0.2, 0) is 4.79 Å². The summed E-state index contributed by atoms with van der Waals surface area (Å²) in [5, 5.41) is 18.1. The summed E-state index contributed by atoms with van der Waals surface area (Å²) in [6.07, 6.45) is 0.297. The van der Waals surface area contributed by atoms with Crippen molar-refractivity contribution >= 4 is 6.29 Å². The number of aliphatic hydroxyl groups is 2. The second-order valence-electron chi connectivity index (χ2n) is 2.28. The van der Waals surface area contributed by atoms with Crippen molar-refractivity contribution in [3.8, 4) is 0 Å². The van der Waals surface area contributed by atoms with Crippen LogP contribution in [0.25, 0.3) is 0 Å². The van der Waals surface area contributed by atoms with Crippen LogP contribution < -0.4 is 0 Å². The minimum Gasteiger partial charge on any atom is -0.509 e. The monoisotopic (exact) mass is 158 g/mol. The van der Waals surface area contributed by atoms with Gasteiger partial charge in [0, 0.05) is 0 Å². The maximum atomic E-state index is 10.0. The molecule has 0 saturated carbocycles. The molecule has 1 atom stereocenters. The Kier molecular flexibility index (Phi) is 4.54. The Bertz CT molecular complexity index is 155. The van der Waals surface area contributed by atoms with Crippen LogP contribution in [-0.4, -0.2) is 22.6 Å². The van der Waals surface area contributed by atoms with Crippen LogP contribution in [0.15, 0.2) is 11.3 Å². The minimum absolute atomic E-state index is 0.190. The number of carbonyl (C=O) groups excluding carboxylic acids is 1. The van der Waals surface area contributed by atoms with Crippen molar-refractivity contribution < 1.29 is 15.0 Å². The van der Waals surface area contributed by atoms with Gasteiger partial charge in [-0.05, 0) is 18.4 Å². The van der Waals surface area contributed by atoms with Gasteiger partial charge in [0.05, 0.1) is 0 Å². The number of rotatable bonds is 4. The first-order valence-electron chi connectivity index (χ1n) is 3.71. The SMILES string of the molecule is CCC(CC)=C(O)[C@@H](O)C=O. The van der Waals surface area contributed by atoms with Gasteiger partial charge in [-0.2, -0.15) is 0 Å². The molecule has 0 bridgehead atoms. The predicted molar refractivity (Wildman–Crippen MR) is 42.3 cm³/mol. The normalized spacial score (nSPS) is 12.3. The summed E-state index contributed by atoms with van der Waals surface area (Å²) in [4.78, 5) is 10.0. The van der Waals surface area contributed by atoms with Gasteiger partial charge < -0.3 is 10.2 Å². The molecule has 0 heterocycles. The molecule has 0 spiro atoms. The van der Waals surface area contributed by atoms with Gasteiger partial charge in [0.25, 0.3) is 0 Å². The van der Waals surface area contributed by atoms with Crippen LogP contribution in [0.2, 0.25) is 0 Å². The molecule has 0 aliphatic heterocycles. The van der Waals surface area contributed by atoms with Gasteiger partial charge >= 0.3 is 0 Å². The molecule has 0 aromatic rings. The molecule has 0 aromatic carbocycles. The molecule has 0 saturated heterocycles. The van der Waals surface area contributed by atoms with Crippen molar-refractivity contribution in [2.24, 2.45) is 0 Å². The highest BCUT2D eigenvalue weighted by Crippen LogP contribution is 2.12.